The molecule has 1 amide bonds. The Labute approximate surface area is 107 Å². The fourth-order valence-electron chi connectivity index (χ4n) is 2.07. The van der Waals surface area contributed by atoms with Gasteiger partial charge in [0.25, 0.3) is 5.91 Å². The van der Waals surface area contributed by atoms with E-state index >= 15 is 0 Å². The molecule has 0 bridgehead atoms. The van der Waals surface area contributed by atoms with Crippen LogP contribution >= 0.6 is 12.4 Å². The molecule has 1 aliphatic heterocycles. The number of carbonyl (C=O) groups is 1. The predicted molar refractivity (Wildman–Crippen MR) is 68.4 cm³/mol. The number of carbonyl (C=O) groups excluding carboxylic acids is 1. The van der Waals surface area contributed by atoms with Crippen molar-refractivity contribution in [3.8, 4) is 0 Å². The third kappa shape index (κ3) is 3.20. The highest BCUT2D eigenvalue weighted by Gasteiger charge is 2.23. The molecule has 2 unspecified atom stereocenters. The molecule has 0 radical (unpaired) electrons. The molecule has 2 rings (SSSR count). The monoisotopic (exact) mass is 258 g/mol. The van der Waals surface area contributed by atoms with Crippen LogP contribution in [0.15, 0.2) is 12.3 Å². The van der Waals surface area contributed by atoms with Crippen molar-refractivity contribution in [1.82, 2.24) is 20.4 Å². The van der Waals surface area contributed by atoms with Crippen molar-refractivity contribution in [3.05, 3.63) is 18.0 Å². The number of aryl methyl sites for hydroxylation is 1. The van der Waals surface area contributed by atoms with E-state index in [0.29, 0.717) is 11.6 Å². The number of nitrogens with zero attached hydrogens (tertiary/aromatic N) is 2. The summed E-state index contributed by atoms with van der Waals surface area (Å²) in [5.74, 6) is 0.449. The minimum Gasteiger partial charge on any atom is -0.348 e. The first-order valence-electron chi connectivity index (χ1n) is 5.68. The van der Waals surface area contributed by atoms with Crippen LogP contribution < -0.4 is 10.6 Å². The van der Waals surface area contributed by atoms with Crippen molar-refractivity contribution >= 4 is 18.3 Å². The Bertz CT molecular complexity index is 379. The topological polar surface area (TPSA) is 58.9 Å². The SMILES string of the molecule is CC1CNCCC1NC(=O)c1ccnn1C.Cl. The molecule has 6 heteroatoms. The fraction of sp³-hybridized carbons (Fsp3) is 0.636. The Balaban J connectivity index is 0.00000144. The van der Waals surface area contributed by atoms with Crippen LogP contribution in [-0.4, -0.2) is 34.8 Å². The molecule has 0 spiro atoms. The van der Waals surface area contributed by atoms with Crippen molar-refractivity contribution in [1.29, 1.82) is 0 Å². The maximum atomic E-state index is 11.9. The van der Waals surface area contributed by atoms with Gasteiger partial charge in [-0.1, -0.05) is 6.92 Å². The highest BCUT2D eigenvalue weighted by molar-refractivity contribution is 5.92. The third-order valence-electron chi connectivity index (χ3n) is 3.16. The summed E-state index contributed by atoms with van der Waals surface area (Å²) < 4.78 is 1.60. The third-order valence-corrected chi connectivity index (χ3v) is 3.16. The number of halogens is 1. The second-order valence-corrected chi connectivity index (χ2v) is 4.39. The summed E-state index contributed by atoms with van der Waals surface area (Å²) in [6, 6.07) is 2.00. The number of hydrogen-bond donors (Lipinski definition) is 2. The van der Waals surface area contributed by atoms with Crippen LogP contribution in [0.1, 0.15) is 23.8 Å². The molecular formula is C11H19ClN4O. The summed E-state index contributed by atoms with van der Waals surface area (Å²) >= 11 is 0. The van der Waals surface area contributed by atoms with Crippen molar-refractivity contribution in [3.63, 3.8) is 0 Å². The maximum Gasteiger partial charge on any atom is 0.269 e. The summed E-state index contributed by atoms with van der Waals surface area (Å²) in [5.41, 5.74) is 0.616. The number of nitrogens with one attached hydrogen (secondary N) is 2. The molecule has 1 fully saturated rings. The van der Waals surface area contributed by atoms with E-state index < -0.39 is 0 Å². The normalized spacial score (nSPS) is 23.9. The molecule has 1 aromatic heterocycles. The van der Waals surface area contributed by atoms with Gasteiger partial charge in [-0.25, -0.2) is 0 Å². The van der Waals surface area contributed by atoms with Gasteiger partial charge in [-0.15, -0.1) is 12.4 Å². The first-order valence-corrected chi connectivity index (χ1v) is 5.68. The number of aromatic nitrogens is 2. The van der Waals surface area contributed by atoms with Crippen molar-refractivity contribution < 1.29 is 4.79 Å². The molecule has 17 heavy (non-hydrogen) atoms. The van der Waals surface area contributed by atoms with E-state index in [4.69, 9.17) is 0 Å². The lowest BCUT2D eigenvalue weighted by atomic mass is 9.95. The van der Waals surface area contributed by atoms with Crippen molar-refractivity contribution in [2.24, 2.45) is 13.0 Å². The van der Waals surface area contributed by atoms with Gasteiger partial charge in [0.15, 0.2) is 0 Å². The van der Waals surface area contributed by atoms with Gasteiger partial charge in [-0.3, -0.25) is 9.48 Å². The number of hydrogen-bond acceptors (Lipinski definition) is 3. The lowest BCUT2D eigenvalue weighted by Crippen LogP contribution is -2.48. The molecule has 2 heterocycles. The molecule has 96 valence electrons. The van der Waals surface area contributed by atoms with Gasteiger partial charge >= 0.3 is 0 Å². The summed E-state index contributed by atoms with van der Waals surface area (Å²) in [7, 11) is 1.78. The number of amides is 1. The smallest absolute Gasteiger partial charge is 0.269 e. The van der Waals surface area contributed by atoms with Gasteiger partial charge in [0.05, 0.1) is 0 Å². The molecule has 0 aliphatic carbocycles. The Morgan fingerprint density at radius 1 is 1.65 bits per heavy atom. The van der Waals surface area contributed by atoms with Crippen LogP contribution in [-0.2, 0) is 7.05 Å². The van der Waals surface area contributed by atoms with Crippen LogP contribution in [0.3, 0.4) is 0 Å². The molecule has 1 aliphatic rings. The van der Waals surface area contributed by atoms with Crippen molar-refractivity contribution in [2.75, 3.05) is 13.1 Å². The highest BCUT2D eigenvalue weighted by Crippen LogP contribution is 2.11. The van der Waals surface area contributed by atoms with Crippen LogP contribution in [0, 0.1) is 5.92 Å². The number of rotatable bonds is 2. The highest BCUT2D eigenvalue weighted by atomic mass is 35.5. The first-order chi connectivity index (χ1) is 7.68. The second-order valence-electron chi connectivity index (χ2n) is 4.39. The summed E-state index contributed by atoms with van der Waals surface area (Å²) in [4.78, 5) is 11.9. The van der Waals surface area contributed by atoms with Crippen LogP contribution in [0.2, 0.25) is 0 Å². The standard InChI is InChI=1S/C11H18N4O.ClH/c1-8-7-12-5-3-9(8)14-11(16)10-4-6-13-15(10)2;/h4,6,8-9,12H,3,5,7H2,1-2H3,(H,14,16);1H. The van der Waals surface area contributed by atoms with E-state index in [9.17, 15) is 4.79 Å². The number of piperidine rings is 1. The molecule has 5 nitrogen and oxygen atoms in total. The van der Waals surface area contributed by atoms with Gasteiger partial charge < -0.3 is 10.6 Å². The minimum atomic E-state index is -0.0289. The van der Waals surface area contributed by atoms with Gasteiger partial charge in [-0.05, 0) is 31.5 Å². The summed E-state index contributed by atoms with van der Waals surface area (Å²) in [6.45, 7) is 4.09. The van der Waals surface area contributed by atoms with Gasteiger partial charge in [-0.2, -0.15) is 5.10 Å². The van der Waals surface area contributed by atoms with Gasteiger partial charge in [0.2, 0.25) is 0 Å². The molecule has 0 saturated carbocycles. The Morgan fingerprint density at radius 2 is 2.41 bits per heavy atom. The molecule has 2 atom stereocenters. The second kappa shape index (κ2) is 6.02. The first kappa shape index (κ1) is 14.0. The molecule has 1 saturated heterocycles. The Hall–Kier alpha value is -1.07. The van der Waals surface area contributed by atoms with Crippen LogP contribution in [0.4, 0.5) is 0 Å². The van der Waals surface area contributed by atoms with E-state index in [2.05, 4.69) is 22.7 Å². The van der Waals surface area contributed by atoms with E-state index in [1.165, 1.54) is 0 Å². The zero-order chi connectivity index (χ0) is 11.5. The molecule has 2 N–H and O–H groups in total. The summed E-state index contributed by atoms with van der Waals surface area (Å²) in [6.07, 6.45) is 2.63. The average Bonchev–Trinajstić information content (AvgIpc) is 2.68. The van der Waals surface area contributed by atoms with Gasteiger partial charge in [0, 0.05) is 19.3 Å². The lowest BCUT2D eigenvalue weighted by molar-refractivity contribution is 0.0904. The van der Waals surface area contributed by atoms with E-state index in [-0.39, 0.29) is 24.4 Å². The average molecular weight is 259 g/mol. The Kier molecular flexibility index (Phi) is 4.96. The van der Waals surface area contributed by atoms with Crippen LogP contribution in [0.25, 0.3) is 0 Å². The quantitative estimate of drug-likeness (QED) is 0.816. The van der Waals surface area contributed by atoms with E-state index in [1.807, 2.05) is 0 Å². The zero-order valence-electron chi connectivity index (χ0n) is 10.1. The van der Waals surface area contributed by atoms with Crippen molar-refractivity contribution in [2.45, 2.75) is 19.4 Å². The fourth-order valence-corrected chi connectivity index (χ4v) is 2.07. The zero-order valence-corrected chi connectivity index (χ0v) is 11.0. The van der Waals surface area contributed by atoms with E-state index in [0.717, 1.165) is 19.5 Å². The summed E-state index contributed by atoms with van der Waals surface area (Å²) in [5, 5.41) is 10.4. The molecule has 1 aromatic rings. The Morgan fingerprint density at radius 3 is 3.00 bits per heavy atom. The predicted octanol–water partition coefficient (Wildman–Crippen LogP) is 0.570. The largest absolute Gasteiger partial charge is 0.348 e. The van der Waals surface area contributed by atoms with Crippen LogP contribution in [0.5, 0.6) is 0 Å². The van der Waals surface area contributed by atoms with Gasteiger partial charge in [0.1, 0.15) is 5.69 Å². The van der Waals surface area contributed by atoms with E-state index in [1.54, 1.807) is 24.0 Å². The maximum absolute atomic E-state index is 11.9. The lowest BCUT2D eigenvalue weighted by Gasteiger charge is -2.30. The minimum absolute atomic E-state index is 0. The molecular weight excluding hydrogens is 240 g/mol. The molecule has 0 aromatic carbocycles.